The van der Waals surface area contributed by atoms with Crippen LogP contribution in [0.15, 0.2) is 42.7 Å². The molecular formula is C13H11F3N2. The maximum Gasteiger partial charge on any atom is 0.417 e. The number of hydrogen-bond acceptors (Lipinski definition) is 2. The molecule has 1 aromatic heterocycles. The van der Waals surface area contributed by atoms with Crippen LogP contribution in [-0.2, 0) is 12.7 Å². The van der Waals surface area contributed by atoms with Crippen molar-refractivity contribution in [1.29, 1.82) is 0 Å². The van der Waals surface area contributed by atoms with E-state index < -0.39 is 11.7 Å². The molecule has 0 aliphatic rings. The zero-order valence-corrected chi connectivity index (χ0v) is 9.41. The molecule has 94 valence electrons. The number of nitrogens with two attached hydrogens (primary N) is 1. The Bertz CT molecular complexity index is 536. The quantitative estimate of drug-likeness (QED) is 0.891. The summed E-state index contributed by atoms with van der Waals surface area (Å²) >= 11 is 0. The number of alkyl halides is 3. The zero-order chi connectivity index (χ0) is 13.2. The Kier molecular flexibility index (Phi) is 3.34. The third kappa shape index (κ3) is 2.36. The van der Waals surface area contributed by atoms with Crippen molar-refractivity contribution in [3.63, 3.8) is 0 Å². The summed E-state index contributed by atoms with van der Waals surface area (Å²) in [6, 6.07) is 7.21. The number of benzene rings is 1. The number of halogens is 3. The minimum Gasteiger partial charge on any atom is -0.326 e. The first-order valence-electron chi connectivity index (χ1n) is 5.33. The Hall–Kier alpha value is -1.88. The Labute approximate surface area is 102 Å². The lowest BCUT2D eigenvalue weighted by Gasteiger charge is -2.16. The fourth-order valence-corrected chi connectivity index (χ4v) is 1.86. The molecule has 2 aromatic rings. The molecule has 0 atom stereocenters. The molecule has 1 heterocycles. The number of rotatable bonds is 2. The molecule has 0 aliphatic carbocycles. The highest BCUT2D eigenvalue weighted by Crippen LogP contribution is 2.38. The molecule has 0 spiro atoms. The molecular weight excluding hydrogens is 241 g/mol. The first-order valence-corrected chi connectivity index (χ1v) is 5.33. The van der Waals surface area contributed by atoms with Crippen molar-refractivity contribution in [2.75, 3.05) is 0 Å². The summed E-state index contributed by atoms with van der Waals surface area (Å²) in [5, 5.41) is 0. The molecule has 0 unspecified atom stereocenters. The van der Waals surface area contributed by atoms with Crippen molar-refractivity contribution < 1.29 is 13.2 Å². The van der Waals surface area contributed by atoms with Gasteiger partial charge in [-0.15, -0.1) is 0 Å². The van der Waals surface area contributed by atoms with Gasteiger partial charge in [0.1, 0.15) is 0 Å². The van der Waals surface area contributed by atoms with Crippen LogP contribution in [0.2, 0.25) is 0 Å². The molecule has 0 radical (unpaired) electrons. The lowest BCUT2D eigenvalue weighted by molar-refractivity contribution is -0.137. The minimum absolute atomic E-state index is 0.0497. The van der Waals surface area contributed by atoms with Crippen molar-refractivity contribution in [2.45, 2.75) is 12.7 Å². The standard InChI is InChI=1S/C13H11F3N2/c14-13(15,16)11-5-1-3-9(7-17)12(11)10-4-2-6-18-8-10/h1-6,8H,7,17H2. The third-order valence-corrected chi connectivity index (χ3v) is 2.63. The van der Waals surface area contributed by atoms with Gasteiger partial charge in [-0.05, 0) is 23.3 Å². The van der Waals surface area contributed by atoms with Gasteiger partial charge in [-0.2, -0.15) is 13.2 Å². The van der Waals surface area contributed by atoms with Crippen LogP contribution >= 0.6 is 0 Å². The summed E-state index contributed by atoms with van der Waals surface area (Å²) in [5.74, 6) is 0. The molecule has 1 aromatic carbocycles. The monoisotopic (exact) mass is 252 g/mol. The molecule has 2 rings (SSSR count). The molecule has 0 saturated carbocycles. The van der Waals surface area contributed by atoms with Crippen molar-refractivity contribution >= 4 is 0 Å². The smallest absolute Gasteiger partial charge is 0.326 e. The first-order chi connectivity index (χ1) is 8.54. The lowest BCUT2D eigenvalue weighted by Crippen LogP contribution is -2.10. The molecule has 0 bridgehead atoms. The molecule has 0 aliphatic heterocycles. The summed E-state index contributed by atoms with van der Waals surface area (Å²) in [6.07, 6.45) is -1.48. The first kappa shape index (κ1) is 12.6. The van der Waals surface area contributed by atoms with Gasteiger partial charge in [-0.3, -0.25) is 4.98 Å². The summed E-state index contributed by atoms with van der Waals surface area (Å²) in [7, 11) is 0. The van der Waals surface area contributed by atoms with Crippen LogP contribution in [0.25, 0.3) is 11.1 Å². The van der Waals surface area contributed by atoms with Crippen LogP contribution in [-0.4, -0.2) is 4.98 Å². The van der Waals surface area contributed by atoms with Crippen LogP contribution in [0.1, 0.15) is 11.1 Å². The highest BCUT2D eigenvalue weighted by Gasteiger charge is 2.34. The summed E-state index contributed by atoms with van der Waals surface area (Å²) in [4.78, 5) is 3.85. The van der Waals surface area contributed by atoms with Gasteiger partial charge in [-0.1, -0.05) is 18.2 Å². The predicted molar refractivity (Wildman–Crippen MR) is 62.6 cm³/mol. The Balaban J connectivity index is 2.70. The van der Waals surface area contributed by atoms with Crippen molar-refractivity contribution in [3.05, 3.63) is 53.9 Å². The van der Waals surface area contributed by atoms with Crippen LogP contribution in [0.3, 0.4) is 0 Å². The van der Waals surface area contributed by atoms with Crippen LogP contribution in [0, 0.1) is 0 Å². The van der Waals surface area contributed by atoms with Gasteiger partial charge in [0.15, 0.2) is 0 Å². The Morgan fingerprint density at radius 3 is 2.44 bits per heavy atom. The number of nitrogens with zero attached hydrogens (tertiary/aromatic N) is 1. The number of hydrogen-bond donors (Lipinski definition) is 1. The Morgan fingerprint density at radius 1 is 1.11 bits per heavy atom. The lowest BCUT2D eigenvalue weighted by atomic mass is 9.95. The van der Waals surface area contributed by atoms with Gasteiger partial charge in [-0.25, -0.2) is 0 Å². The SMILES string of the molecule is NCc1cccc(C(F)(F)F)c1-c1cccnc1. The van der Waals surface area contributed by atoms with Crippen LogP contribution < -0.4 is 5.73 Å². The zero-order valence-electron chi connectivity index (χ0n) is 9.41. The van der Waals surface area contributed by atoms with Crippen molar-refractivity contribution in [3.8, 4) is 11.1 Å². The van der Waals surface area contributed by atoms with E-state index in [4.69, 9.17) is 5.73 Å². The average Bonchev–Trinajstić information content (AvgIpc) is 2.38. The average molecular weight is 252 g/mol. The normalized spacial score (nSPS) is 11.6. The van der Waals surface area contributed by atoms with E-state index >= 15 is 0 Å². The van der Waals surface area contributed by atoms with Gasteiger partial charge < -0.3 is 5.73 Å². The number of aromatic nitrogens is 1. The second-order valence-corrected chi connectivity index (χ2v) is 3.78. The van der Waals surface area contributed by atoms with Crippen LogP contribution in [0.4, 0.5) is 13.2 Å². The largest absolute Gasteiger partial charge is 0.417 e. The van der Waals surface area contributed by atoms with E-state index in [1.54, 1.807) is 18.2 Å². The second-order valence-electron chi connectivity index (χ2n) is 3.78. The topological polar surface area (TPSA) is 38.9 Å². The fraction of sp³-hybridized carbons (Fsp3) is 0.154. The van der Waals surface area contributed by atoms with Gasteiger partial charge >= 0.3 is 6.18 Å². The predicted octanol–water partition coefficient (Wildman–Crippen LogP) is 3.23. The van der Waals surface area contributed by atoms with Gasteiger partial charge in [0.25, 0.3) is 0 Å². The highest BCUT2D eigenvalue weighted by molar-refractivity contribution is 5.71. The summed E-state index contributed by atoms with van der Waals surface area (Å²) in [6.45, 7) is 0.0497. The maximum absolute atomic E-state index is 13.0. The van der Waals surface area contributed by atoms with E-state index in [1.165, 1.54) is 18.5 Å². The molecule has 2 N–H and O–H groups in total. The Morgan fingerprint density at radius 2 is 1.89 bits per heavy atom. The van der Waals surface area contributed by atoms with Crippen LogP contribution in [0.5, 0.6) is 0 Å². The van der Waals surface area contributed by atoms with E-state index in [-0.39, 0.29) is 12.1 Å². The molecule has 0 saturated heterocycles. The van der Waals surface area contributed by atoms with Gasteiger partial charge in [0, 0.05) is 24.5 Å². The second kappa shape index (κ2) is 4.78. The summed E-state index contributed by atoms with van der Waals surface area (Å²) in [5.41, 5.74) is 5.82. The van der Waals surface area contributed by atoms with Crippen molar-refractivity contribution in [2.24, 2.45) is 5.73 Å². The highest BCUT2D eigenvalue weighted by atomic mass is 19.4. The number of pyridine rings is 1. The molecule has 18 heavy (non-hydrogen) atoms. The fourth-order valence-electron chi connectivity index (χ4n) is 1.86. The van der Waals surface area contributed by atoms with E-state index in [0.717, 1.165) is 6.07 Å². The van der Waals surface area contributed by atoms with Crippen molar-refractivity contribution in [1.82, 2.24) is 4.98 Å². The van der Waals surface area contributed by atoms with E-state index in [2.05, 4.69) is 4.98 Å². The molecule has 0 amide bonds. The van der Waals surface area contributed by atoms with Gasteiger partial charge in [0.05, 0.1) is 5.56 Å². The van der Waals surface area contributed by atoms with Gasteiger partial charge in [0.2, 0.25) is 0 Å². The third-order valence-electron chi connectivity index (χ3n) is 2.63. The van der Waals surface area contributed by atoms with E-state index in [0.29, 0.717) is 11.1 Å². The minimum atomic E-state index is -4.41. The van der Waals surface area contributed by atoms with E-state index in [1.807, 2.05) is 0 Å². The van der Waals surface area contributed by atoms with E-state index in [9.17, 15) is 13.2 Å². The molecule has 5 heteroatoms. The molecule has 0 fully saturated rings. The molecule has 2 nitrogen and oxygen atoms in total. The summed E-state index contributed by atoms with van der Waals surface area (Å²) < 4.78 is 39.0. The maximum atomic E-state index is 13.0.